The fourth-order valence-electron chi connectivity index (χ4n) is 2.41. The van der Waals surface area contributed by atoms with Gasteiger partial charge in [-0.2, -0.15) is 5.26 Å². The molecule has 2 aromatic rings. The summed E-state index contributed by atoms with van der Waals surface area (Å²) in [5.41, 5.74) is 1.02. The second kappa shape index (κ2) is 5.18. The van der Waals surface area contributed by atoms with Crippen LogP contribution in [0.5, 0.6) is 0 Å². The lowest BCUT2D eigenvalue weighted by molar-refractivity contribution is 0.600. The van der Waals surface area contributed by atoms with Crippen LogP contribution in [0, 0.1) is 29.9 Å². The molecule has 1 heterocycles. The van der Waals surface area contributed by atoms with Crippen LogP contribution in [0.1, 0.15) is 5.56 Å². The quantitative estimate of drug-likeness (QED) is 0.749. The van der Waals surface area contributed by atoms with Crippen LogP contribution in [-0.2, 0) is 9.84 Å². The number of sulfone groups is 1. The molecule has 0 spiro atoms. The molecular formula is C16H10F2N2O2S. The first kappa shape index (κ1) is 15.2. The van der Waals surface area contributed by atoms with Gasteiger partial charge in [0.25, 0.3) is 0 Å². The Hall–Kier alpha value is -2.72. The number of benzene rings is 2. The lowest BCUT2D eigenvalue weighted by atomic mass is 10.1. The molecule has 1 aliphatic heterocycles. The number of fused-ring (bicyclic) bond motifs is 1. The molecule has 0 N–H and O–H groups in total. The Kier molecular flexibility index (Phi) is 3.42. The summed E-state index contributed by atoms with van der Waals surface area (Å²) in [6.07, 6.45) is 1.08. The van der Waals surface area contributed by atoms with Gasteiger partial charge in [0.05, 0.1) is 16.3 Å². The van der Waals surface area contributed by atoms with Gasteiger partial charge < -0.3 is 4.90 Å². The lowest BCUT2D eigenvalue weighted by Gasteiger charge is -2.28. The third-order valence-corrected chi connectivity index (χ3v) is 5.25. The molecule has 4 nitrogen and oxygen atoms in total. The number of halogens is 2. The van der Waals surface area contributed by atoms with E-state index in [1.54, 1.807) is 13.0 Å². The summed E-state index contributed by atoms with van der Waals surface area (Å²) in [6.45, 7) is 1.71. The van der Waals surface area contributed by atoms with Crippen molar-refractivity contribution in [1.82, 2.24) is 0 Å². The zero-order valence-electron chi connectivity index (χ0n) is 11.9. The Labute approximate surface area is 131 Å². The van der Waals surface area contributed by atoms with Crippen molar-refractivity contribution in [2.24, 2.45) is 0 Å². The molecule has 0 saturated heterocycles. The highest BCUT2D eigenvalue weighted by Gasteiger charge is 2.32. The van der Waals surface area contributed by atoms with E-state index < -0.39 is 26.4 Å². The number of rotatable bonds is 1. The second-order valence-corrected chi connectivity index (χ2v) is 6.91. The van der Waals surface area contributed by atoms with Gasteiger partial charge in [0.1, 0.15) is 17.7 Å². The Balaban J connectivity index is 2.36. The van der Waals surface area contributed by atoms with E-state index in [0.717, 1.165) is 24.4 Å². The highest BCUT2D eigenvalue weighted by molar-refractivity contribution is 7.95. The Morgan fingerprint density at radius 2 is 1.65 bits per heavy atom. The molecule has 0 bridgehead atoms. The first-order valence-electron chi connectivity index (χ1n) is 6.56. The van der Waals surface area contributed by atoms with E-state index in [9.17, 15) is 17.2 Å². The van der Waals surface area contributed by atoms with Crippen LogP contribution in [0.3, 0.4) is 0 Å². The predicted molar refractivity (Wildman–Crippen MR) is 80.6 cm³/mol. The molecule has 0 atom stereocenters. The average molecular weight is 332 g/mol. The zero-order chi connectivity index (χ0) is 16.8. The molecule has 7 heteroatoms. The van der Waals surface area contributed by atoms with Crippen molar-refractivity contribution < 1.29 is 17.2 Å². The van der Waals surface area contributed by atoms with Gasteiger partial charge in [0.2, 0.25) is 9.84 Å². The van der Waals surface area contributed by atoms with Crippen molar-refractivity contribution in [3.05, 3.63) is 64.7 Å². The number of nitriles is 1. The molecule has 0 unspecified atom stereocenters. The van der Waals surface area contributed by atoms with Gasteiger partial charge in [0.15, 0.2) is 4.91 Å². The minimum atomic E-state index is -4.02. The third-order valence-electron chi connectivity index (χ3n) is 3.55. The van der Waals surface area contributed by atoms with Crippen LogP contribution in [0.4, 0.5) is 20.2 Å². The zero-order valence-corrected chi connectivity index (χ0v) is 12.7. The summed E-state index contributed by atoms with van der Waals surface area (Å²) in [6, 6.07) is 8.77. The molecule has 0 saturated carbocycles. The summed E-state index contributed by atoms with van der Waals surface area (Å²) in [5.74, 6) is -1.16. The van der Waals surface area contributed by atoms with Crippen LogP contribution < -0.4 is 4.90 Å². The van der Waals surface area contributed by atoms with Gasteiger partial charge >= 0.3 is 0 Å². The number of aryl methyl sites for hydroxylation is 1. The van der Waals surface area contributed by atoms with Crippen molar-refractivity contribution >= 4 is 21.2 Å². The fourth-order valence-corrected chi connectivity index (χ4v) is 3.69. The van der Waals surface area contributed by atoms with E-state index in [4.69, 9.17) is 5.26 Å². The maximum Gasteiger partial charge on any atom is 0.220 e. The van der Waals surface area contributed by atoms with Gasteiger partial charge in [-0.3, -0.25) is 0 Å². The van der Waals surface area contributed by atoms with E-state index in [-0.39, 0.29) is 10.6 Å². The molecule has 23 heavy (non-hydrogen) atoms. The summed E-state index contributed by atoms with van der Waals surface area (Å²) in [5, 5.41) is 9.12. The smallest absolute Gasteiger partial charge is 0.220 e. The molecule has 116 valence electrons. The normalized spacial score (nSPS) is 15.6. The van der Waals surface area contributed by atoms with E-state index >= 15 is 0 Å². The molecule has 0 aromatic heterocycles. The van der Waals surface area contributed by atoms with Crippen LogP contribution in [0.2, 0.25) is 0 Å². The fraction of sp³-hybridized carbons (Fsp3) is 0.0625. The first-order valence-corrected chi connectivity index (χ1v) is 8.05. The van der Waals surface area contributed by atoms with Crippen molar-refractivity contribution in [2.45, 2.75) is 11.8 Å². The van der Waals surface area contributed by atoms with E-state index in [0.29, 0.717) is 11.3 Å². The van der Waals surface area contributed by atoms with Crippen LogP contribution in [0.15, 0.2) is 52.4 Å². The second-order valence-electron chi connectivity index (χ2n) is 5.02. The van der Waals surface area contributed by atoms with Gasteiger partial charge in [-0.1, -0.05) is 6.07 Å². The van der Waals surface area contributed by atoms with Crippen molar-refractivity contribution in [3.8, 4) is 6.07 Å². The molecule has 1 aliphatic rings. The van der Waals surface area contributed by atoms with Crippen molar-refractivity contribution in [1.29, 1.82) is 5.26 Å². The average Bonchev–Trinajstić information content (AvgIpc) is 2.50. The number of hydrogen-bond acceptors (Lipinski definition) is 4. The number of allylic oxidation sites excluding steroid dienone is 1. The topological polar surface area (TPSA) is 61.2 Å². The van der Waals surface area contributed by atoms with Crippen molar-refractivity contribution in [2.75, 3.05) is 4.90 Å². The Morgan fingerprint density at radius 1 is 1.04 bits per heavy atom. The molecule has 0 radical (unpaired) electrons. The minimum absolute atomic E-state index is 0.0395. The van der Waals surface area contributed by atoms with Gasteiger partial charge in [-0.25, -0.2) is 17.2 Å². The minimum Gasteiger partial charge on any atom is -0.313 e. The summed E-state index contributed by atoms with van der Waals surface area (Å²) < 4.78 is 51.9. The molecule has 0 fully saturated rings. The lowest BCUT2D eigenvalue weighted by Crippen LogP contribution is -2.22. The van der Waals surface area contributed by atoms with Crippen LogP contribution >= 0.6 is 0 Å². The van der Waals surface area contributed by atoms with E-state index in [2.05, 4.69) is 0 Å². The molecule has 0 amide bonds. The Bertz CT molecular complexity index is 992. The van der Waals surface area contributed by atoms with Crippen LogP contribution in [0.25, 0.3) is 0 Å². The monoisotopic (exact) mass is 332 g/mol. The summed E-state index contributed by atoms with van der Waals surface area (Å²) >= 11 is 0. The first-order chi connectivity index (χ1) is 10.8. The standard InChI is InChI=1S/C16H10F2N2O2S/c1-10-2-3-11(17)6-14(10)20-9-13(8-19)23(21,22)16-5-4-12(18)7-15(16)20/h2-7,9H,1H3. The molecule has 2 aromatic carbocycles. The third kappa shape index (κ3) is 2.37. The number of anilines is 2. The maximum absolute atomic E-state index is 13.6. The highest BCUT2D eigenvalue weighted by Crippen LogP contribution is 2.40. The van der Waals surface area contributed by atoms with E-state index in [1.165, 1.54) is 23.1 Å². The number of nitrogens with zero attached hydrogens (tertiary/aromatic N) is 2. The van der Waals surface area contributed by atoms with Gasteiger partial charge in [-0.05, 0) is 42.8 Å². The summed E-state index contributed by atoms with van der Waals surface area (Å²) in [4.78, 5) is 0.637. The molecule has 0 aliphatic carbocycles. The van der Waals surface area contributed by atoms with Crippen LogP contribution in [-0.4, -0.2) is 8.42 Å². The number of hydrogen-bond donors (Lipinski definition) is 0. The van der Waals surface area contributed by atoms with Gasteiger partial charge in [0, 0.05) is 6.20 Å². The Morgan fingerprint density at radius 3 is 2.30 bits per heavy atom. The largest absolute Gasteiger partial charge is 0.313 e. The van der Waals surface area contributed by atoms with E-state index in [1.807, 2.05) is 0 Å². The summed E-state index contributed by atoms with van der Waals surface area (Å²) in [7, 11) is -4.02. The predicted octanol–water partition coefficient (Wildman–Crippen LogP) is 3.56. The molecule has 3 rings (SSSR count). The van der Waals surface area contributed by atoms with Crippen molar-refractivity contribution in [3.63, 3.8) is 0 Å². The maximum atomic E-state index is 13.6. The molecular weight excluding hydrogens is 322 g/mol. The SMILES string of the molecule is Cc1ccc(F)cc1N1C=C(C#N)S(=O)(=O)c2ccc(F)cc21. The van der Waals surface area contributed by atoms with Gasteiger partial charge in [-0.15, -0.1) is 0 Å². The highest BCUT2D eigenvalue weighted by atomic mass is 32.2.